The smallest absolute Gasteiger partial charge is 0.263 e. The molecule has 78 valence electrons. The third-order valence-corrected chi connectivity index (χ3v) is 2.61. The molecule has 0 radical (unpaired) electrons. The fourth-order valence-electron chi connectivity index (χ4n) is 1.79. The first kappa shape index (κ1) is 9.58. The van der Waals surface area contributed by atoms with Crippen molar-refractivity contribution in [1.82, 2.24) is 15.3 Å². The third kappa shape index (κ3) is 1.92. The molecule has 1 aliphatic carbocycles. The number of aromatic nitrogens is 2. The molecule has 3 nitrogen and oxygen atoms in total. The summed E-state index contributed by atoms with van der Waals surface area (Å²) in [6.07, 6.45) is 4.35. The van der Waals surface area contributed by atoms with Crippen LogP contribution in [0.3, 0.4) is 0 Å². The molecule has 1 aromatic rings. The van der Waals surface area contributed by atoms with Crippen LogP contribution in [-0.4, -0.2) is 21.9 Å². The maximum Gasteiger partial charge on any atom is 0.263 e. The van der Waals surface area contributed by atoms with Gasteiger partial charge in [-0.15, -0.1) is 0 Å². The molecular formula is C9H13F2N3. The summed E-state index contributed by atoms with van der Waals surface area (Å²) < 4.78 is 26.3. The van der Waals surface area contributed by atoms with E-state index in [1.807, 2.05) is 0 Å². The van der Waals surface area contributed by atoms with E-state index in [1.54, 1.807) is 12.5 Å². The lowest BCUT2D eigenvalue weighted by Gasteiger charge is -2.19. The highest BCUT2D eigenvalue weighted by Crippen LogP contribution is 2.34. The minimum Gasteiger partial charge on any atom is -0.347 e. The Labute approximate surface area is 80.9 Å². The molecule has 1 saturated carbocycles. The number of rotatable bonds is 3. The Morgan fingerprint density at radius 1 is 1.64 bits per heavy atom. The zero-order valence-electron chi connectivity index (χ0n) is 7.76. The Morgan fingerprint density at radius 3 is 3.07 bits per heavy atom. The maximum absolute atomic E-state index is 13.1. The molecule has 14 heavy (non-hydrogen) atoms. The maximum atomic E-state index is 13.1. The van der Waals surface area contributed by atoms with Crippen LogP contribution in [0, 0.1) is 0 Å². The molecule has 0 spiro atoms. The molecular weight excluding hydrogens is 188 g/mol. The summed E-state index contributed by atoms with van der Waals surface area (Å²) in [6, 6.07) is -0.675. The van der Waals surface area contributed by atoms with Crippen molar-refractivity contribution < 1.29 is 8.78 Å². The Morgan fingerprint density at radius 2 is 2.50 bits per heavy atom. The van der Waals surface area contributed by atoms with Crippen molar-refractivity contribution in [3.63, 3.8) is 0 Å². The Hall–Kier alpha value is -0.970. The molecule has 0 amide bonds. The first-order valence-corrected chi connectivity index (χ1v) is 4.77. The topological polar surface area (TPSA) is 40.7 Å². The monoisotopic (exact) mass is 201 g/mol. The molecule has 1 unspecified atom stereocenters. The predicted molar refractivity (Wildman–Crippen MR) is 48.0 cm³/mol. The van der Waals surface area contributed by atoms with Gasteiger partial charge in [0, 0.05) is 24.9 Å². The van der Waals surface area contributed by atoms with Gasteiger partial charge >= 0.3 is 0 Å². The molecule has 0 aromatic carbocycles. The number of aromatic amines is 1. The lowest BCUT2D eigenvalue weighted by Crippen LogP contribution is -2.40. The fraction of sp³-hybridized carbons (Fsp3) is 0.667. The first-order valence-electron chi connectivity index (χ1n) is 4.77. The van der Waals surface area contributed by atoms with Gasteiger partial charge in [0.05, 0.1) is 12.4 Å². The van der Waals surface area contributed by atoms with Crippen molar-refractivity contribution in [2.45, 2.75) is 37.8 Å². The molecule has 0 aliphatic heterocycles. The van der Waals surface area contributed by atoms with Crippen LogP contribution in [0.5, 0.6) is 0 Å². The number of hydrogen-bond donors (Lipinski definition) is 2. The van der Waals surface area contributed by atoms with Gasteiger partial charge in [-0.2, -0.15) is 0 Å². The number of nitrogens with zero attached hydrogens (tertiary/aromatic N) is 1. The molecule has 2 rings (SSSR count). The quantitative estimate of drug-likeness (QED) is 0.781. The van der Waals surface area contributed by atoms with Gasteiger partial charge in [-0.25, -0.2) is 13.8 Å². The second-order valence-corrected chi connectivity index (χ2v) is 3.66. The van der Waals surface area contributed by atoms with Crippen LogP contribution in [0.2, 0.25) is 0 Å². The van der Waals surface area contributed by atoms with Gasteiger partial charge < -0.3 is 10.3 Å². The van der Waals surface area contributed by atoms with Crippen LogP contribution in [-0.2, 0) is 6.54 Å². The van der Waals surface area contributed by atoms with E-state index < -0.39 is 12.0 Å². The number of halogens is 2. The summed E-state index contributed by atoms with van der Waals surface area (Å²) in [5.41, 5.74) is 0.840. The van der Waals surface area contributed by atoms with Crippen molar-refractivity contribution in [3.05, 3.63) is 18.2 Å². The van der Waals surface area contributed by atoms with Gasteiger partial charge in [-0.3, -0.25) is 0 Å². The molecule has 2 N–H and O–H groups in total. The van der Waals surface area contributed by atoms with E-state index in [0.29, 0.717) is 19.4 Å². The molecule has 5 heteroatoms. The van der Waals surface area contributed by atoms with Crippen LogP contribution in [0.1, 0.15) is 25.0 Å². The van der Waals surface area contributed by atoms with Gasteiger partial charge in [-0.05, 0) is 12.8 Å². The average molecular weight is 201 g/mol. The predicted octanol–water partition coefficient (Wildman–Crippen LogP) is 1.69. The SMILES string of the molecule is FC1(F)CCCC1NCc1cnc[nH]1. The standard InChI is InChI=1S/C9H13F2N3/c10-9(11)3-1-2-8(9)13-5-7-4-12-6-14-7/h4,6,8,13H,1-3,5H2,(H,12,14). The summed E-state index contributed by atoms with van der Waals surface area (Å²) in [7, 11) is 0. The van der Waals surface area contributed by atoms with Crippen molar-refractivity contribution in [2.24, 2.45) is 0 Å². The molecule has 0 saturated heterocycles. The normalized spacial score (nSPS) is 25.4. The summed E-state index contributed by atoms with van der Waals surface area (Å²) in [5.74, 6) is -2.54. The Kier molecular flexibility index (Phi) is 2.50. The van der Waals surface area contributed by atoms with Crippen molar-refractivity contribution >= 4 is 0 Å². The van der Waals surface area contributed by atoms with Crippen LogP contribution >= 0.6 is 0 Å². The zero-order valence-corrected chi connectivity index (χ0v) is 7.76. The first-order chi connectivity index (χ1) is 6.68. The lowest BCUT2D eigenvalue weighted by molar-refractivity contribution is -0.0183. The highest BCUT2D eigenvalue weighted by atomic mass is 19.3. The van der Waals surface area contributed by atoms with Crippen molar-refractivity contribution in [1.29, 1.82) is 0 Å². The van der Waals surface area contributed by atoms with Gasteiger partial charge in [0.2, 0.25) is 0 Å². The fourth-order valence-corrected chi connectivity index (χ4v) is 1.79. The highest BCUT2D eigenvalue weighted by Gasteiger charge is 2.43. The van der Waals surface area contributed by atoms with Crippen LogP contribution in [0.4, 0.5) is 8.78 Å². The van der Waals surface area contributed by atoms with E-state index in [0.717, 1.165) is 5.69 Å². The van der Waals surface area contributed by atoms with E-state index >= 15 is 0 Å². The Bertz CT molecular complexity index is 284. The number of H-pyrrole nitrogens is 1. The van der Waals surface area contributed by atoms with E-state index in [9.17, 15) is 8.78 Å². The second kappa shape index (κ2) is 3.65. The number of alkyl halides is 2. The number of hydrogen-bond acceptors (Lipinski definition) is 2. The minimum absolute atomic E-state index is 0.00758. The van der Waals surface area contributed by atoms with Gasteiger partial charge in [0.1, 0.15) is 0 Å². The van der Waals surface area contributed by atoms with Crippen molar-refractivity contribution in [3.8, 4) is 0 Å². The zero-order chi connectivity index (χ0) is 10.0. The van der Waals surface area contributed by atoms with E-state index in [-0.39, 0.29) is 6.42 Å². The molecule has 0 bridgehead atoms. The van der Waals surface area contributed by atoms with E-state index in [4.69, 9.17) is 0 Å². The summed E-state index contributed by atoms with van der Waals surface area (Å²) >= 11 is 0. The van der Waals surface area contributed by atoms with E-state index in [1.165, 1.54) is 0 Å². The van der Waals surface area contributed by atoms with Gasteiger partial charge in [0.25, 0.3) is 5.92 Å². The lowest BCUT2D eigenvalue weighted by atomic mass is 10.2. The summed E-state index contributed by atoms with van der Waals surface area (Å²) in [4.78, 5) is 6.69. The van der Waals surface area contributed by atoms with Crippen LogP contribution in [0.15, 0.2) is 12.5 Å². The van der Waals surface area contributed by atoms with E-state index in [2.05, 4.69) is 15.3 Å². The molecule has 1 aliphatic rings. The number of nitrogens with one attached hydrogen (secondary N) is 2. The average Bonchev–Trinajstić information content (AvgIpc) is 2.71. The minimum atomic E-state index is -2.54. The molecule has 1 heterocycles. The summed E-state index contributed by atoms with van der Waals surface area (Å²) in [5, 5.41) is 2.85. The molecule has 1 fully saturated rings. The second-order valence-electron chi connectivity index (χ2n) is 3.66. The van der Waals surface area contributed by atoms with Crippen molar-refractivity contribution in [2.75, 3.05) is 0 Å². The van der Waals surface area contributed by atoms with Gasteiger partial charge in [0.15, 0.2) is 0 Å². The highest BCUT2D eigenvalue weighted by molar-refractivity contribution is 4.96. The number of imidazole rings is 1. The van der Waals surface area contributed by atoms with Crippen LogP contribution in [0.25, 0.3) is 0 Å². The molecule has 1 aromatic heterocycles. The largest absolute Gasteiger partial charge is 0.347 e. The Balaban J connectivity index is 1.86. The summed E-state index contributed by atoms with van der Waals surface area (Å²) in [6.45, 7) is 0.431. The van der Waals surface area contributed by atoms with Gasteiger partial charge in [-0.1, -0.05) is 0 Å². The van der Waals surface area contributed by atoms with Crippen LogP contribution < -0.4 is 5.32 Å². The third-order valence-electron chi connectivity index (χ3n) is 2.61. The molecule has 1 atom stereocenters.